The number of aliphatic hydroxyl groups is 1. The van der Waals surface area contributed by atoms with Crippen LogP contribution in [-0.4, -0.2) is 81.9 Å². The average molecular weight is 457 g/mol. The Labute approximate surface area is 193 Å². The van der Waals surface area contributed by atoms with Crippen molar-refractivity contribution in [3.63, 3.8) is 0 Å². The van der Waals surface area contributed by atoms with E-state index in [1.165, 1.54) is 17.7 Å². The molecule has 178 valence electrons. The Morgan fingerprint density at radius 1 is 1.30 bits per heavy atom. The van der Waals surface area contributed by atoms with Gasteiger partial charge < -0.3 is 24.6 Å². The average Bonchev–Trinajstić information content (AvgIpc) is 3.52. The predicted molar refractivity (Wildman–Crippen MR) is 118 cm³/mol. The number of ether oxygens (including phenoxy) is 2. The van der Waals surface area contributed by atoms with Crippen molar-refractivity contribution in [2.24, 2.45) is 5.92 Å². The molecule has 33 heavy (non-hydrogen) atoms. The lowest BCUT2D eigenvalue weighted by Crippen LogP contribution is -2.78. The Bertz CT molecular complexity index is 1020. The monoisotopic (exact) mass is 456 g/mol. The second-order valence-electron chi connectivity index (χ2n) is 10.4. The van der Waals surface area contributed by atoms with Crippen molar-refractivity contribution in [3.05, 3.63) is 23.3 Å². The molecule has 1 saturated heterocycles. The van der Waals surface area contributed by atoms with E-state index in [9.17, 15) is 19.8 Å². The van der Waals surface area contributed by atoms with Crippen molar-refractivity contribution in [1.82, 2.24) is 9.80 Å². The van der Waals surface area contributed by atoms with Gasteiger partial charge in [-0.2, -0.15) is 0 Å². The highest BCUT2D eigenvalue weighted by Crippen LogP contribution is 2.65. The van der Waals surface area contributed by atoms with E-state index in [1.54, 1.807) is 6.07 Å². The van der Waals surface area contributed by atoms with Crippen LogP contribution in [0.3, 0.4) is 0 Å². The number of piperidine rings is 1. The highest BCUT2D eigenvalue weighted by atomic mass is 16.6. The zero-order chi connectivity index (χ0) is 23.1. The van der Waals surface area contributed by atoms with Crippen LogP contribution in [-0.2, 0) is 21.4 Å². The maximum atomic E-state index is 13.7. The predicted octanol–water partition coefficient (Wildman–Crippen LogP) is 1.98. The number of Topliss-reactive ketones (excluding diaryl/α,β-unsaturated/α-hetero) is 1. The smallest absolute Gasteiger partial charge is 0.410 e. The number of ketones is 1. The molecule has 5 aliphatic rings. The third-order valence-corrected chi connectivity index (χ3v) is 8.85. The first-order chi connectivity index (χ1) is 15.8. The first-order valence-electron chi connectivity index (χ1n) is 12.3. The van der Waals surface area contributed by atoms with Gasteiger partial charge in [0.05, 0.1) is 11.0 Å². The number of phenolic OH excluding ortho intramolecular Hbond substituents is 1. The largest absolute Gasteiger partial charge is 0.504 e. The molecule has 8 heteroatoms. The van der Waals surface area contributed by atoms with Crippen LogP contribution in [0.4, 0.5) is 4.79 Å². The lowest BCUT2D eigenvalue weighted by Gasteiger charge is -2.63. The number of benzene rings is 1. The quantitative estimate of drug-likeness (QED) is 0.699. The third-order valence-electron chi connectivity index (χ3n) is 8.85. The maximum absolute atomic E-state index is 13.7. The number of phenols is 1. The summed E-state index contributed by atoms with van der Waals surface area (Å²) in [5.41, 5.74) is -0.390. The zero-order valence-electron chi connectivity index (χ0n) is 19.2. The van der Waals surface area contributed by atoms with Gasteiger partial charge in [-0.15, -0.1) is 0 Å². The lowest BCUT2D eigenvalue weighted by molar-refractivity contribution is -0.205. The van der Waals surface area contributed by atoms with Gasteiger partial charge >= 0.3 is 6.09 Å². The maximum Gasteiger partial charge on any atom is 0.410 e. The van der Waals surface area contributed by atoms with E-state index in [0.717, 1.165) is 24.2 Å². The Balaban J connectivity index is 1.44. The highest BCUT2D eigenvalue weighted by Gasteiger charge is 2.75. The molecule has 2 heterocycles. The number of hydrogen-bond donors (Lipinski definition) is 2. The van der Waals surface area contributed by atoms with Crippen LogP contribution in [0.25, 0.3) is 0 Å². The highest BCUT2D eigenvalue weighted by molar-refractivity contribution is 5.94. The molecule has 1 aromatic carbocycles. The molecular formula is C25H32N2O6. The molecular weight excluding hydrogens is 424 g/mol. The van der Waals surface area contributed by atoms with Gasteiger partial charge in [-0.1, -0.05) is 6.07 Å². The molecule has 2 N–H and O–H groups in total. The second-order valence-corrected chi connectivity index (χ2v) is 10.4. The number of likely N-dealkylation sites (tertiary alicyclic amines) is 1. The molecule has 1 amide bonds. The normalized spacial score (nSPS) is 36.2. The van der Waals surface area contributed by atoms with Crippen LogP contribution < -0.4 is 4.74 Å². The summed E-state index contributed by atoms with van der Waals surface area (Å²) in [6.45, 7) is 6.38. The van der Waals surface area contributed by atoms with Gasteiger partial charge in [0.25, 0.3) is 0 Å². The number of hydrogen-bond acceptors (Lipinski definition) is 7. The summed E-state index contributed by atoms with van der Waals surface area (Å²) in [6, 6.07) is 3.34. The fourth-order valence-electron chi connectivity index (χ4n) is 7.04. The lowest BCUT2D eigenvalue weighted by atomic mass is 9.48. The van der Waals surface area contributed by atoms with Crippen LogP contribution >= 0.6 is 0 Å². The van der Waals surface area contributed by atoms with Gasteiger partial charge in [0.1, 0.15) is 0 Å². The van der Waals surface area contributed by atoms with E-state index in [2.05, 4.69) is 4.90 Å². The minimum Gasteiger partial charge on any atom is -0.504 e. The van der Waals surface area contributed by atoms with Gasteiger partial charge in [-0.25, -0.2) is 4.79 Å². The molecule has 1 aromatic rings. The van der Waals surface area contributed by atoms with Crippen molar-refractivity contribution in [3.8, 4) is 11.5 Å². The van der Waals surface area contributed by atoms with Gasteiger partial charge in [0.15, 0.2) is 23.7 Å². The van der Waals surface area contributed by atoms with Crippen molar-refractivity contribution in [1.29, 1.82) is 0 Å². The van der Waals surface area contributed by atoms with E-state index in [-0.39, 0.29) is 24.0 Å². The summed E-state index contributed by atoms with van der Waals surface area (Å²) in [5, 5.41) is 23.1. The van der Waals surface area contributed by atoms with Crippen LogP contribution in [0.5, 0.6) is 11.5 Å². The van der Waals surface area contributed by atoms with Gasteiger partial charge in [-0.3, -0.25) is 9.69 Å². The SMILES string of the molecule is CCN(CC)C(=O)O[C@@H]1C[C@@]2(O)[C@H]3Cc4ccc(O)c5c4[C@@]2(CCN3CC2CC2)[C@@H](O5)C1=O. The Kier molecular flexibility index (Phi) is 4.56. The molecule has 2 saturated carbocycles. The van der Waals surface area contributed by atoms with Crippen molar-refractivity contribution in [2.75, 3.05) is 26.2 Å². The minimum atomic E-state index is -1.29. The first kappa shape index (κ1) is 21.2. The minimum absolute atomic E-state index is 0.0109. The molecule has 0 aromatic heterocycles. The van der Waals surface area contributed by atoms with Gasteiger partial charge in [-0.05, 0) is 63.6 Å². The van der Waals surface area contributed by atoms with Crippen molar-refractivity contribution >= 4 is 11.9 Å². The van der Waals surface area contributed by atoms with Crippen LogP contribution in [0.2, 0.25) is 0 Å². The Morgan fingerprint density at radius 2 is 2.06 bits per heavy atom. The summed E-state index contributed by atoms with van der Waals surface area (Å²) in [6.07, 6.45) is 1.08. The molecule has 3 fully saturated rings. The van der Waals surface area contributed by atoms with Gasteiger partial charge in [0.2, 0.25) is 5.78 Å². The molecule has 6 rings (SSSR count). The van der Waals surface area contributed by atoms with Crippen molar-refractivity contribution in [2.45, 2.75) is 75.2 Å². The molecule has 8 nitrogen and oxygen atoms in total. The molecule has 3 aliphatic carbocycles. The number of amides is 1. The van der Waals surface area contributed by atoms with E-state index < -0.39 is 29.3 Å². The number of carbonyl (C=O) groups is 2. The third kappa shape index (κ3) is 2.71. The zero-order valence-corrected chi connectivity index (χ0v) is 19.2. The standard InChI is InChI=1S/C25H32N2O6/c1-3-26(4-2)23(30)32-17-12-25(31)18-11-15-7-8-16(28)21-19(15)24(25,22(33-21)20(17)29)9-10-27(18)13-14-5-6-14/h7-8,14,17-18,22,28,31H,3-6,9-13H2,1-2H3/t17-,18-,22+,24+,25-/m1/s1. The fourth-order valence-corrected chi connectivity index (χ4v) is 7.04. The molecule has 1 spiro atoms. The molecule has 0 unspecified atom stereocenters. The summed E-state index contributed by atoms with van der Waals surface area (Å²) in [5.74, 6) is 0.645. The van der Waals surface area contributed by atoms with Crippen molar-refractivity contribution < 1.29 is 29.3 Å². The molecule has 0 radical (unpaired) electrons. The number of rotatable bonds is 5. The van der Waals surface area contributed by atoms with Crippen LogP contribution in [0, 0.1) is 5.92 Å². The summed E-state index contributed by atoms with van der Waals surface area (Å²) in [4.78, 5) is 30.3. The Hall–Kier alpha value is -2.32. The number of carbonyl (C=O) groups excluding carboxylic acids is 2. The molecule has 5 atom stereocenters. The topological polar surface area (TPSA) is 99.5 Å². The molecule has 2 bridgehead atoms. The number of aromatic hydroxyl groups is 1. The molecule has 2 aliphatic heterocycles. The van der Waals surface area contributed by atoms with E-state index >= 15 is 0 Å². The summed E-state index contributed by atoms with van der Waals surface area (Å²) >= 11 is 0. The first-order valence-corrected chi connectivity index (χ1v) is 12.3. The van der Waals surface area contributed by atoms with Gasteiger partial charge in [0, 0.05) is 37.7 Å². The Morgan fingerprint density at radius 3 is 2.76 bits per heavy atom. The van der Waals surface area contributed by atoms with E-state index in [0.29, 0.717) is 37.6 Å². The number of nitrogens with zero attached hydrogens (tertiary/aromatic N) is 2. The second kappa shape index (κ2) is 7.09. The summed E-state index contributed by atoms with van der Waals surface area (Å²) in [7, 11) is 0. The fraction of sp³-hybridized carbons (Fsp3) is 0.680. The van der Waals surface area contributed by atoms with Crippen LogP contribution in [0.1, 0.15) is 50.7 Å². The van der Waals surface area contributed by atoms with E-state index in [4.69, 9.17) is 9.47 Å². The van der Waals surface area contributed by atoms with E-state index in [1.807, 2.05) is 19.9 Å². The summed E-state index contributed by atoms with van der Waals surface area (Å²) < 4.78 is 11.9. The van der Waals surface area contributed by atoms with Crippen LogP contribution in [0.15, 0.2) is 12.1 Å².